The lowest BCUT2D eigenvalue weighted by Crippen LogP contribution is -2.31. The van der Waals surface area contributed by atoms with Gasteiger partial charge in [0, 0.05) is 13.1 Å². The van der Waals surface area contributed by atoms with E-state index in [1.54, 1.807) is 12.0 Å². The van der Waals surface area contributed by atoms with E-state index < -0.39 is 11.9 Å². The van der Waals surface area contributed by atoms with Crippen LogP contribution in [0.3, 0.4) is 0 Å². The second-order valence-electron chi connectivity index (χ2n) is 6.27. The first-order valence-corrected chi connectivity index (χ1v) is 7.72. The Labute approximate surface area is 129 Å². The maximum Gasteiger partial charge on any atom is 0.308 e. The number of methoxy groups -OCH3 is 1. The molecule has 1 aromatic rings. The number of ether oxygens (including phenoxy) is 1. The zero-order valence-electron chi connectivity index (χ0n) is 12.7. The van der Waals surface area contributed by atoms with Gasteiger partial charge >= 0.3 is 5.97 Å². The highest BCUT2D eigenvalue weighted by molar-refractivity contribution is 5.81. The average molecular weight is 303 g/mol. The molecular formula is C17H21NO4. The van der Waals surface area contributed by atoms with E-state index in [4.69, 9.17) is 4.74 Å². The number of benzene rings is 1. The van der Waals surface area contributed by atoms with Crippen LogP contribution in [0.4, 0.5) is 0 Å². The van der Waals surface area contributed by atoms with E-state index in [0.717, 1.165) is 24.2 Å². The molecule has 0 aromatic heterocycles. The molecule has 118 valence electrons. The molecule has 1 heterocycles. The third-order valence-electron chi connectivity index (χ3n) is 4.75. The van der Waals surface area contributed by atoms with Gasteiger partial charge in [0.05, 0.1) is 19.4 Å². The summed E-state index contributed by atoms with van der Waals surface area (Å²) in [5.74, 6) is 0.187. The highest BCUT2D eigenvalue weighted by Gasteiger charge is 2.46. The van der Waals surface area contributed by atoms with Gasteiger partial charge in [-0.1, -0.05) is 12.1 Å². The molecule has 5 heteroatoms. The first kappa shape index (κ1) is 14.9. The number of aliphatic carboxylic acids is 1. The Kier molecular flexibility index (Phi) is 4.05. The summed E-state index contributed by atoms with van der Waals surface area (Å²) in [4.78, 5) is 25.6. The lowest BCUT2D eigenvalue weighted by molar-refractivity contribution is -0.142. The zero-order valence-corrected chi connectivity index (χ0v) is 12.7. The summed E-state index contributed by atoms with van der Waals surface area (Å²) in [5, 5.41) is 9.36. The number of carboxylic acid groups (broad SMARTS) is 1. The van der Waals surface area contributed by atoms with Crippen molar-refractivity contribution in [2.45, 2.75) is 19.3 Å². The van der Waals surface area contributed by atoms with Gasteiger partial charge in [-0.15, -0.1) is 0 Å². The van der Waals surface area contributed by atoms with Crippen LogP contribution in [-0.4, -0.2) is 42.1 Å². The standard InChI is InChI=1S/C17H21NO4/c1-22-13-4-2-3-11(7-13)8-16(19)18-9-14(12-5-6-12)15(10-18)17(20)21/h2-4,7,12,14-15H,5-6,8-10H2,1H3,(H,20,21)/t14-,15+/m1/s1. The SMILES string of the molecule is COc1cccc(CC(=O)N2C[C@H](C(=O)O)[C@@H](C3CC3)C2)c1. The van der Waals surface area contributed by atoms with Gasteiger partial charge in [-0.2, -0.15) is 0 Å². The number of carbonyl (C=O) groups excluding carboxylic acids is 1. The second kappa shape index (κ2) is 5.99. The Morgan fingerprint density at radius 2 is 2.09 bits per heavy atom. The average Bonchev–Trinajstić information content (AvgIpc) is 3.25. The zero-order chi connectivity index (χ0) is 15.7. The van der Waals surface area contributed by atoms with Crippen LogP contribution in [0.1, 0.15) is 18.4 Å². The van der Waals surface area contributed by atoms with Crippen molar-refractivity contribution in [2.75, 3.05) is 20.2 Å². The largest absolute Gasteiger partial charge is 0.497 e. The molecule has 0 bridgehead atoms. The first-order chi connectivity index (χ1) is 10.6. The Bertz CT molecular complexity index is 582. The maximum absolute atomic E-state index is 12.5. The van der Waals surface area contributed by atoms with Gasteiger partial charge in [0.2, 0.25) is 5.91 Å². The number of nitrogens with zero attached hydrogens (tertiary/aromatic N) is 1. The van der Waals surface area contributed by atoms with Crippen LogP contribution in [0.25, 0.3) is 0 Å². The predicted octanol–water partition coefficient (Wildman–Crippen LogP) is 1.81. The highest BCUT2D eigenvalue weighted by Crippen LogP contribution is 2.44. The van der Waals surface area contributed by atoms with Gasteiger partial charge in [0.15, 0.2) is 0 Å². The minimum atomic E-state index is -0.770. The lowest BCUT2D eigenvalue weighted by atomic mass is 9.92. The number of carbonyl (C=O) groups is 2. The number of likely N-dealkylation sites (tertiary alicyclic amines) is 1. The smallest absolute Gasteiger partial charge is 0.308 e. The summed E-state index contributed by atoms with van der Waals surface area (Å²) in [6, 6.07) is 7.44. The van der Waals surface area contributed by atoms with E-state index in [0.29, 0.717) is 25.4 Å². The van der Waals surface area contributed by atoms with E-state index in [1.807, 2.05) is 24.3 Å². The molecular weight excluding hydrogens is 282 g/mol. The summed E-state index contributed by atoms with van der Waals surface area (Å²) in [6.07, 6.45) is 2.50. The van der Waals surface area contributed by atoms with Gasteiger partial charge in [-0.05, 0) is 42.4 Å². The van der Waals surface area contributed by atoms with Crippen LogP contribution in [-0.2, 0) is 16.0 Å². The van der Waals surface area contributed by atoms with E-state index >= 15 is 0 Å². The van der Waals surface area contributed by atoms with E-state index in [-0.39, 0.29) is 11.8 Å². The van der Waals surface area contributed by atoms with Crippen molar-refractivity contribution in [1.82, 2.24) is 4.90 Å². The fourth-order valence-corrected chi connectivity index (χ4v) is 3.36. The number of hydrogen-bond donors (Lipinski definition) is 1. The van der Waals surface area contributed by atoms with Crippen molar-refractivity contribution in [3.63, 3.8) is 0 Å². The Morgan fingerprint density at radius 3 is 2.73 bits per heavy atom. The third-order valence-corrected chi connectivity index (χ3v) is 4.75. The van der Waals surface area contributed by atoms with Crippen molar-refractivity contribution < 1.29 is 19.4 Å². The van der Waals surface area contributed by atoms with Gasteiger partial charge in [-0.3, -0.25) is 9.59 Å². The van der Waals surface area contributed by atoms with Gasteiger partial charge in [0.1, 0.15) is 5.75 Å². The fourth-order valence-electron chi connectivity index (χ4n) is 3.36. The molecule has 1 saturated heterocycles. The molecule has 1 aliphatic heterocycles. The minimum absolute atomic E-state index is 0.00246. The summed E-state index contributed by atoms with van der Waals surface area (Å²) in [5.41, 5.74) is 0.895. The summed E-state index contributed by atoms with van der Waals surface area (Å²) in [7, 11) is 1.60. The normalized spacial score (nSPS) is 24.3. The summed E-state index contributed by atoms with van der Waals surface area (Å²) >= 11 is 0. The molecule has 0 unspecified atom stereocenters. The second-order valence-corrected chi connectivity index (χ2v) is 6.27. The van der Waals surface area contributed by atoms with Crippen molar-refractivity contribution in [3.05, 3.63) is 29.8 Å². The van der Waals surface area contributed by atoms with Gasteiger partial charge in [0.25, 0.3) is 0 Å². The molecule has 1 aromatic carbocycles. The number of hydrogen-bond acceptors (Lipinski definition) is 3. The molecule has 1 saturated carbocycles. The monoisotopic (exact) mass is 303 g/mol. The Hall–Kier alpha value is -2.04. The molecule has 1 aliphatic carbocycles. The molecule has 1 amide bonds. The number of carboxylic acids is 1. The Balaban J connectivity index is 1.66. The fraction of sp³-hybridized carbons (Fsp3) is 0.529. The van der Waals surface area contributed by atoms with Crippen LogP contribution in [0.15, 0.2) is 24.3 Å². The molecule has 2 atom stereocenters. The summed E-state index contributed by atoms with van der Waals surface area (Å²) < 4.78 is 5.16. The van der Waals surface area contributed by atoms with Crippen molar-refractivity contribution in [2.24, 2.45) is 17.8 Å². The van der Waals surface area contributed by atoms with E-state index in [1.165, 1.54) is 0 Å². The third kappa shape index (κ3) is 3.08. The highest BCUT2D eigenvalue weighted by atomic mass is 16.5. The maximum atomic E-state index is 12.5. The van der Waals surface area contributed by atoms with Crippen LogP contribution >= 0.6 is 0 Å². The molecule has 3 rings (SSSR count). The quantitative estimate of drug-likeness (QED) is 0.901. The van der Waals surface area contributed by atoms with Crippen LogP contribution in [0.5, 0.6) is 5.75 Å². The molecule has 1 N–H and O–H groups in total. The van der Waals surface area contributed by atoms with Crippen molar-refractivity contribution in [3.8, 4) is 5.75 Å². The van der Waals surface area contributed by atoms with E-state index in [9.17, 15) is 14.7 Å². The minimum Gasteiger partial charge on any atom is -0.497 e. The number of rotatable bonds is 5. The molecule has 0 spiro atoms. The Morgan fingerprint density at radius 1 is 1.32 bits per heavy atom. The number of amides is 1. The van der Waals surface area contributed by atoms with Crippen molar-refractivity contribution in [1.29, 1.82) is 0 Å². The molecule has 2 fully saturated rings. The lowest BCUT2D eigenvalue weighted by Gasteiger charge is -2.16. The topological polar surface area (TPSA) is 66.8 Å². The first-order valence-electron chi connectivity index (χ1n) is 7.72. The van der Waals surface area contributed by atoms with Crippen LogP contribution < -0.4 is 4.74 Å². The molecule has 22 heavy (non-hydrogen) atoms. The summed E-state index contributed by atoms with van der Waals surface area (Å²) in [6.45, 7) is 0.934. The predicted molar refractivity (Wildman–Crippen MR) is 80.6 cm³/mol. The molecule has 5 nitrogen and oxygen atoms in total. The van der Waals surface area contributed by atoms with Gasteiger partial charge in [-0.25, -0.2) is 0 Å². The van der Waals surface area contributed by atoms with Crippen LogP contribution in [0.2, 0.25) is 0 Å². The van der Waals surface area contributed by atoms with E-state index in [2.05, 4.69) is 0 Å². The molecule has 2 aliphatic rings. The van der Waals surface area contributed by atoms with Gasteiger partial charge < -0.3 is 14.7 Å². The molecule has 0 radical (unpaired) electrons. The van der Waals surface area contributed by atoms with Crippen molar-refractivity contribution >= 4 is 11.9 Å². The van der Waals surface area contributed by atoms with Crippen LogP contribution in [0, 0.1) is 17.8 Å².